The SMILES string of the molecule is Cc1nc(-c2ccc(CCNC(=O)C3(N)CC3)s2)cs1. The van der Waals surface area contributed by atoms with Crippen molar-refractivity contribution in [2.75, 3.05) is 6.54 Å². The minimum Gasteiger partial charge on any atom is -0.354 e. The third-order valence-electron chi connectivity index (χ3n) is 3.43. The number of rotatable bonds is 5. The number of thiophene rings is 1. The highest BCUT2D eigenvalue weighted by Crippen LogP contribution is 2.32. The first-order valence-electron chi connectivity index (χ1n) is 6.65. The molecular formula is C14H17N3OS2. The van der Waals surface area contributed by atoms with E-state index in [-0.39, 0.29) is 5.91 Å². The molecule has 1 amide bonds. The molecule has 1 fully saturated rings. The summed E-state index contributed by atoms with van der Waals surface area (Å²) in [5.74, 6) is -0.00981. The van der Waals surface area contributed by atoms with Gasteiger partial charge >= 0.3 is 0 Å². The number of nitrogens with one attached hydrogen (secondary N) is 1. The highest BCUT2D eigenvalue weighted by molar-refractivity contribution is 7.16. The molecular weight excluding hydrogens is 290 g/mol. The maximum atomic E-state index is 11.7. The van der Waals surface area contributed by atoms with Crippen molar-refractivity contribution in [2.24, 2.45) is 5.73 Å². The van der Waals surface area contributed by atoms with Crippen LogP contribution in [0.3, 0.4) is 0 Å². The Kier molecular flexibility index (Phi) is 3.62. The summed E-state index contributed by atoms with van der Waals surface area (Å²) in [6.07, 6.45) is 2.46. The highest BCUT2D eigenvalue weighted by atomic mass is 32.1. The smallest absolute Gasteiger partial charge is 0.240 e. The van der Waals surface area contributed by atoms with Crippen molar-refractivity contribution in [3.05, 3.63) is 27.4 Å². The second kappa shape index (κ2) is 5.27. The maximum absolute atomic E-state index is 11.7. The molecule has 1 aliphatic rings. The average molecular weight is 307 g/mol. The molecule has 3 rings (SSSR count). The molecule has 20 heavy (non-hydrogen) atoms. The Morgan fingerprint density at radius 3 is 2.95 bits per heavy atom. The van der Waals surface area contributed by atoms with Crippen LogP contribution in [0.4, 0.5) is 0 Å². The minimum absolute atomic E-state index is 0.00981. The van der Waals surface area contributed by atoms with Crippen LogP contribution in [0.15, 0.2) is 17.5 Å². The molecule has 1 aliphatic carbocycles. The van der Waals surface area contributed by atoms with E-state index in [1.54, 1.807) is 22.7 Å². The number of aromatic nitrogens is 1. The van der Waals surface area contributed by atoms with Gasteiger partial charge in [0.1, 0.15) is 0 Å². The van der Waals surface area contributed by atoms with Gasteiger partial charge in [-0.1, -0.05) is 0 Å². The number of nitrogens with zero attached hydrogens (tertiary/aromatic N) is 1. The Labute approximate surface area is 126 Å². The van der Waals surface area contributed by atoms with Crippen LogP contribution >= 0.6 is 22.7 Å². The standard InChI is InChI=1S/C14H17N3OS2/c1-9-17-11(8-19-9)12-3-2-10(20-12)4-7-16-13(18)14(15)5-6-14/h2-3,8H,4-7,15H2,1H3,(H,16,18). The van der Waals surface area contributed by atoms with Gasteiger partial charge in [-0.3, -0.25) is 4.79 Å². The summed E-state index contributed by atoms with van der Waals surface area (Å²) in [5, 5.41) is 6.08. The molecule has 2 heterocycles. The number of carbonyl (C=O) groups excluding carboxylic acids is 1. The molecule has 0 radical (unpaired) electrons. The first-order valence-corrected chi connectivity index (χ1v) is 8.35. The van der Waals surface area contributed by atoms with Crippen LogP contribution < -0.4 is 11.1 Å². The van der Waals surface area contributed by atoms with Crippen LogP contribution in [0.5, 0.6) is 0 Å². The number of hydrogen-bond donors (Lipinski definition) is 2. The van der Waals surface area contributed by atoms with E-state index < -0.39 is 5.54 Å². The number of aryl methyl sites for hydroxylation is 1. The van der Waals surface area contributed by atoms with Gasteiger partial charge in [0.15, 0.2) is 0 Å². The molecule has 0 bridgehead atoms. The van der Waals surface area contributed by atoms with Gasteiger partial charge in [-0.2, -0.15) is 0 Å². The van der Waals surface area contributed by atoms with Crippen LogP contribution in [0, 0.1) is 6.92 Å². The molecule has 3 N–H and O–H groups in total. The van der Waals surface area contributed by atoms with Crippen LogP contribution in [0.25, 0.3) is 10.6 Å². The van der Waals surface area contributed by atoms with Crippen LogP contribution in [0.2, 0.25) is 0 Å². The Morgan fingerprint density at radius 1 is 1.50 bits per heavy atom. The number of nitrogens with two attached hydrogens (primary N) is 1. The molecule has 0 aromatic carbocycles. The second-order valence-electron chi connectivity index (χ2n) is 5.18. The molecule has 4 nitrogen and oxygen atoms in total. The van der Waals surface area contributed by atoms with E-state index in [0.717, 1.165) is 30.0 Å². The third kappa shape index (κ3) is 2.92. The van der Waals surface area contributed by atoms with E-state index in [4.69, 9.17) is 5.73 Å². The van der Waals surface area contributed by atoms with Gasteiger partial charge in [0.25, 0.3) is 0 Å². The van der Waals surface area contributed by atoms with Gasteiger partial charge in [-0.25, -0.2) is 4.98 Å². The van der Waals surface area contributed by atoms with Gasteiger partial charge < -0.3 is 11.1 Å². The molecule has 106 valence electrons. The molecule has 0 unspecified atom stereocenters. The zero-order valence-corrected chi connectivity index (χ0v) is 12.9. The lowest BCUT2D eigenvalue weighted by Crippen LogP contribution is -2.43. The Bertz CT molecular complexity index is 628. The third-order valence-corrected chi connectivity index (χ3v) is 5.37. The first kappa shape index (κ1) is 13.7. The summed E-state index contributed by atoms with van der Waals surface area (Å²) in [6, 6.07) is 4.21. The van der Waals surface area contributed by atoms with E-state index in [2.05, 4.69) is 27.8 Å². The number of hydrogen-bond acceptors (Lipinski definition) is 5. The van der Waals surface area contributed by atoms with Gasteiger partial charge in [0.2, 0.25) is 5.91 Å². The van der Waals surface area contributed by atoms with Crippen molar-refractivity contribution < 1.29 is 4.79 Å². The monoisotopic (exact) mass is 307 g/mol. The van der Waals surface area contributed by atoms with Gasteiger partial charge in [-0.05, 0) is 38.3 Å². The largest absolute Gasteiger partial charge is 0.354 e. The summed E-state index contributed by atoms with van der Waals surface area (Å²) in [4.78, 5) is 18.6. The van der Waals surface area contributed by atoms with E-state index in [9.17, 15) is 4.79 Å². The van der Waals surface area contributed by atoms with Crippen molar-refractivity contribution in [2.45, 2.75) is 31.7 Å². The van der Waals surface area contributed by atoms with Gasteiger partial charge in [-0.15, -0.1) is 22.7 Å². The minimum atomic E-state index is -0.571. The van der Waals surface area contributed by atoms with Crippen LogP contribution in [-0.2, 0) is 11.2 Å². The lowest BCUT2D eigenvalue weighted by Gasteiger charge is -2.08. The number of amides is 1. The Hall–Kier alpha value is -1.24. The van der Waals surface area contributed by atoms with Crippen LogP contribution in [0.1, 0.15) is 22.7 Å². The Morgan fingerprint density at radius 2 is 2.30 bits per heavy atom. The lowest BCUT2D eigenvalue weighted by molar-refractivity contribution is -0.123. The van der Waals surface area contributed by atoms with E-state index in [1.807, 2.05) is 6.92 Å². The number of thiazole rings is 1. The summed E-state index contributed by atoms with van der Waals surface area (Å²) >= 11 is 3.40. The highest BCUT2D eigenvalue weighted by Gasteiger charge is 2.45. The average Bonchev–Trinajstić information content (AvgIpc) is 2.85. The normalized spacial score (nSPS) is 16.1. The van der Waals surface area contributed by atoms with Crippen LogP contribution in [-0.4, -0.2) is 23.0 Å². The van der Waals surface area contributed by atoms with Crippen molar-refractivity contribution >= 4 is 28.6 Å². The summed E-state index contributed by atoms with van der Waals surface area (Å²) in [6.45, 7) is 2.66. The van der Waals surface area contributed by atoms with Crippen molar-refractivity contribution in [1.29, 1.82) is 0 Å². The van der Waals surface area contributed by atoms with Gasteiger partial charge in [0, 0.05) is 16.8 Å². The topological polar surface area (TPSA) is 68.0 Å². The summed E-state index contributed by atoms with van der Waals surface area (Å²) in [5.41, 5.74) is 6.31. The first-order chi connectivity index (χ1) is 9.57. The fourth-order valence-corrected chi connectivity index (χ4v) is 3.62. The summed E-state index contributed by atoms with van der Waals surface area (Å²) in [7, 11) is 0. The van der Waals surface area contributed by atoms with E-state index in [0.29, 0.717) is 6.54 Å². The van der Waals surface area contributed by atoms with E-state index >= 15 is 0 Å². The van der Waals surface area contributed by atoms with Crippen molar-refractivity contribution in [3.8, 4) is 10.6 Å². The molecule has 0 spiro atoms. The predicted molar refractivity (Wildman–Crippen MR) is 83.0 cm³/mol. The number of carbonyl (C=O) groups is 1. The fourth-order valence-electron chi connectivity index (χ4n) is 1.96. The Balaban J connectivity index is 1.54. The zero-order chi connectivity index (χ0) is 14.2. The fraction of sp³-hybridized carbons (Fsp3) is 0.429. The van der Waals surface area contributed by atoms with Crippen molar-refractivity contribution in [1.82, 2.24) is 10.3 Å². The van der Waals surface area contributed by atoms with E-state index in [1.165, 1.54) is 9.75 Å². The molecule has 2 aromatic heterocycles. The molecule has 1 saturated carbocycles. The molecule has 2 aromatic rings. The quantitative estimate of drug-likeness (QED) is 0.891. The molecule has 6 heteroatoms. The molecule has 0 aliphatic heterocycles. The van der Waals surface area contributed by atoms with Gasteiger partial charge in [0.05, 0.1) is 21.1 Å². The predicted octanol–water partition coefficient (Wildman–Crippen LogP) is 2.33. The lowest BCUT2D eigenvalue weighted by atomic mass is 10.2. The maximum Gasteiger partial charge on any atom is 0.240 e. The zero-order valence-electron chi connectivity index (χ0n) is 11.3. The molecule has 0 atom stereocenters. The van der Waals surface area contributed by atoms with Crippen molar-refractivity contribution in [3.63, 3.8) is 0 Å². The second-order valence-corrected chi connectivity index (χ2v) is 7.41. The summed E-state index contributed by atoms with van der Waals surface area (Å²) < 4.78 is 0. The molecule has 0 saturated heterocycles.